The van der Waals surface area contributed by atoms with Crippen molar-refractivity contribution in [3.05, 3.63) is 60.0 Å². The van der Waals surface area contributed by atoms with Crippen LogP contribution in [0.25, 0.3) is 10.9 Å². The summed E-state index contributed by atoms with van der Waals surface area (Å²) in [6.07, 6.45) is 1.75. The molecule has 1 aliphatic rings. The van der Waals surface area contributed by atoms with Gasteiger partial charge in [-0.15, -0.1) is 0 Å². The molecule has 1 aliphatic heterocycles. The van der Waals surface area contributed by atoms with Crippen molar-refractivity contribution in [1.82, 2.24) is 19.7 Å². The fourth-order valence-electron chi connectivity index (χ4n) is 3.67. The molecule has 0 aliphatic carbocycles. The molecule has 1 N–H and O–H groups in total. The van der Waals surface area contributed by atoms with E-state index in [9.17, 15) is 9.90 Å². The largest absolute Gasteiger partial charge is 0.396 e. The van der Waals surface area contributed by atoms with Crippen molar-refractivity contribution < 1.29 is 9.90 Å². The maximum absolute atomic E-state index is 13.1. The van der Waals surface area contributed by atoms with Gasteiger partial charge in [0, 0.05) is 55.9 Å². The Hall–Kier alpha value is -2.73. The Morgan fingerprint density at radius 1 is 1.20 bits per heavy atom. The summed E-state index contributed by atoms with van der Waals surface area (Å²) in [6.45, 7) is 1.10. The van der Waals surface area contributed by atoms with Gasteiger partial charge in [0.25, 0.3) is 5.91 Å². The summed E-state index contributed by atoms with van der Waals surface area (Å²) in [4.78, 5) is 19.3. The van der Waals surface area contributed by atoms with Gasteiger partial charge in [-0.1, -0.05) is 24.3 Å². The minimum atomic E-state index is -0.0892. The molecule has 0 radical (unpaired) electrons. The highest BCUT2D eigenvalue weighted by Crippen LogP contribution is 2.32. The molecule has 0 saturated carbocycles. The second kappa shape index (κ2) is 6.29. The molecule has 1 amide bonds. The van der Waals surface area contributed by atoms with Gasteiger partial charge in [-0.2, -0.15) is 5.10 Å². The number of aliphatic hydroxyl groups excluding tert-OH is 1. The van der Waals surface area contributed by atoms with Gasteiger partial charge in [-0.25, -0.2) is 0 Å². The van der Waals surface area contributed by atoms with E-state index < -0.39 is 0 Å². The van der Waals surface area contributed by atoms with Gasteiger partial charge in [0.05, 0.1) is 5.52 Å². The SMILES string of the molecule is Cn1nc(C(=O)N2C[C@@H](CO)[C@H](c3ccccn3)C2)c2ccccc21. The number of hydrogen-bond donors (Lipinski definition) is 1. The lowest BCUT2D eigenvalue weighted by Crippen LogP contribution is -2.29. The number of carbonyl (C=O) groups is 1. The number of amides is 1. The number of nitrogens with zero attached hydrogens (tertiary/aromatic N) is 4. The molecule has 1 fully saturated rings. The van der Waals surface area contributed by atoms with Gasteiger partial charge in [0.15, 0.2) is 5.69 Å². The number of aliphatic hydroxyl groups is 1. The summed E-state index contributed by atoms with van der Waals surface area (Å²) in [7, 11) is 1.84. The Morgan fingerprint density at radius 2 is 2.00 bits per heavy atom. The molecular weight excluding hydrogens is 316 g/mol. The standard InChI is InChI=1S/C19H20N4O2/c1-22-17-8-3-2-6-14(17)18(21-22)19(25)23-10-13(12-24)15(11-23)16-7-4-5-9-20-16/h2-9,13,15,24H,10-12H2,1H3/t13-,15+/m0/s1. The van der Waals surface area contributed by atoms with Crippen molar-refractivity contribution in [2.24, 2.45) is 13.0 Å². The number of fused-ring (bicyclic) bond motifs is 1. The van der Waals surface area contributed by atoms with Crippen molar-refractivity contribution in [3.63, 3.8) is 0 Å². The lowest BCUT2D eigenvalue weighted by atomic mass is 9.93. The molecule has 3 aromatic rings. The summed E-state index contributed by atoms with van der Waals surface area (Å²) in [5.74, 6) is -0.0485. The van der Waals surface area contributed by atoms with E-state index in [1.807, 2.05) is 49.5 Å². The van der Waals surface area contributed by atoms with Crippen LogP contribution in [0.4, 0.5) is 0 Å². The molecule has 6 nitrogen and oxygen atoms in total. The molecule has 0 bridgehead atoms. The number of likely N-dealkylation sites (tertiary alicyclic amines) is 1. The Labute approximate surface area is 145 Å². The Morgan fingerprint density at radius 3 is 2.76 bits per heavy atom. The van der Waals surface area contributed by atoms with Crippen molar-refractivity contribution in [3.8, 4) is 0 Å². The topological polar surface area (TPSA) is 71.2 Å². The van der Waals surface area contributed by atoms with E-state index in [0.717, 1.165) is 16.6 Å². The Kier molecular flexibility index (Phi) is 3.97. The number of carbonyl (C=O) groups excluding carboxylic acids is 1. The van der Waals surface area contributed by atoms with Crippen LogP contribution in [-0.2, 0) is 7.05 Å². The molecular formula is C19H20N4O2. The van der Waals surface area contributed by atoms with Gasteiger partial charge >= 0.3 is 0 Å². The van der Waals surface area contributed by atoms with Gasteiger partial charge in [-0.05, 0) is 18.2 Å². The molecule has 2 atom stereocenters. The number of aryl methyl sites for hydroxylation is 1. The third-order valence-corrected chi connectivity index (χ3v) is 4.99. The average Bonchev–Trinajstić information content (AvgIpc) is 3.24. The van der Waals surface area contributed by atoms with Crippen molar-refractivity contribution in [2.45, 2.75) is 5.92 Å². The fraction of sp³-hybridized carbons (Fsp3) is 0.316. The lowest BCUT2D eigenvalue weighted by Gasteiger charge is -2.15. The molecule has 4 rings (SSSR count). The lowest BCUT2D eigenvalue weighted by molar-refractivity contribution is 0.0776. The number of rotatable bonds is 3. The van der Waals surface area contributed by atoms with Crippen LogP contribution >= 0.6 is 0 Å². The normalized spacial score (nSPS) is 20.3. The summed E-state index contributed by atoms with van der Waals surface area (Å²) < 4.78 is 1.73. The van der Waals surface area contributed by atoms with Crippen LogP contribution in [0.3, 0.4) is 0 Å². The highest BCUT2D eigenvalue weighted by molar-refractivity contribution is 6.05. The molecule has 0 spiro atoms. The Balaban J connectivity index is 1.65. The van der Waals surface area contributed by atoms with Crippen LogP contribution in [-0.4, -0.2) is 50.4 Å². The van der Waals surface area contributed by atoms with E-state index in [-0.39, 0.29) is 24.3 Å². The van der Waals surface area contributed by atoms with Crippen molar-refractivity contribution >= 4 is 16.8 Å². The third-order valence-electron chi connectivity index (χ3n) is 4.99. The van der Waals surface area contributed by atoms with Crippen LogP contribution in [0, 0.1) is 5.92 Å². The van der Waals surface area contributed by atoms with E-state index in [2.05, 4.69) is 10.1 Å². The smallest absolute Gasteiger partial charge is 0.275 e. The zero-order chi connectivity index (χ0) is 17.4. The predicted molar refractivity (Wildman–Crippen MR) is 94.2 cm³/mol. The minimum absolute atomic E-state index is 0.00572. The molecule has 2 aromatic heterocycles. The molecule has 25 heavy (non-hydrogen) atoms. The second-order valence-electron chi connectivity index (χ2n) is 6.50. The van der Waals surface area contributed by atoms with Crippen LogP contribution in [0.2, 0.25) is 0 Å². The third kappa shape index (κ3) is 2.68. The highest BCUT2D eigenvalue weighted by Gasteiger charge is 2.37. The quantitative estimate of drug-likeness (QED) is 0.792. The molecule has 0 unspecified atom stereocenters. The van der Waals surface area contributed by atoms with Crippen LogP contribution in [0.5, 0.6) is 0 Å². The highest BCUT2D eigenvalue weighted by atomic mass is 16.3. The first-order valence-corrected chi connectivity index (χ1v) is 8.42. The number of aromatic nitrogens is 3. The Bertz CT molecular complexity index is 906. The van der Waals surface area contributed by atoms with Crippen LogP contribution in [0.1, 0.15) is 22.1 Å². The molecule has 1 aromatic carbocycles. The van der Waals surface area contributed by atoms with Gasteiger partial charge in [0.1, 0.15) is 0 Å². The summed E-state index contributed by atoms with van der Waals surface area (Å²) >= 11 is 0. The first kappa shape index (κ1) is 15.8. The second-order valence-corrected chi connectivity index (χ2v) is 6.50. The monoisotopic (exact) mass is 336 g/mol. The minimum Gasteiger partial charge on any atom is -0.396 e. The summed E-state index contributed by atoms with van der Waals surface area (Å²) in [5.41, 5.74) is 2.32. The first-order valence-electron chi connectivity index (χ1n) is 8.42. The van der Waals surface area contributed by atoms with Crippen LogP contribution < -0.4 is 0 Å². The zero-order valence-electron chi connectivity index (χ0n) is 14.0. The first-order chi connectivity index (χ1) is 12.2. The maximum atomic E-state index is 13.1. The predicted octanol–water partition coefficient (Wildman–Crippen LogP) is 1.82. The number of hydrogen-bond acceptors (Lipinski definition) is 4. The maximum Gasteiger partial charge on any atom is 0.275 e. The fourth-order valence-corrected chi connectivity index (χ4v) is 3.67. The molecule has 3 heterocycles. The number of benzene rings is 1. The zero-order valence-corrected chi connectivity index (χ0v) is 14.0. The molecule has 6 heteroatoms. The molecule has 128 valence electrons. The molecule has 1 saturated heterocycles. The van der Waals surface area contributed by atoms with Gasteiger partial charge in [0.2, 0.25) is 0 Å². The van der Waals surface area contributed by atoms with Crippen molar-refractivity contribution in [2.75, 3.05) is 19.7 Å². The van der Waals surface area contributed by atoms with E-state index >= 15 is 0 Å². The summed E-state index contributed by atoms with van der Waals surface area (Å²) in [5, 5.41) is 15.0. The van der Waals surface area contributed by atoms with Crippen molar-refractivity contribution in [1.29, 1.82) is 0 Å². The van der Waals surface area contributed by atoms with E-state index in [4.69, 9.17) is 0 Å². The number of pyridine rings is 1. The van der Waals surface area contributed by atoms with Gasteiger partial charge in [-0.3, -0.25) is 14.5 Å². The van der Waals surface area contributed by atoms with E-state index in [0.29, 0.717) is 18.8 Å². The summed E-state index contributed by atoms with van der Waals surface area (Å²) in [6, 6.07) is 13.5. The van der Waals surface area contributed by atoms with Crippen LogP contribution in [0.15, 0.2) is 48.7 Å². The number of para-hydroxylation sites is 1. The van der Waals surface area contributed by atoms with Gasteiger partial charge < -0.3 is 10.0 Å². The van der Waals surface area contributed by atoms with E-state index in [1.54, 1.807) is 15.8 Å². The average molecular weight is 336 g/mol. The van der Waals surface area contributed by atoms with E-state index in [1.165, 1.54) is 0 Å².